The molecule has 126 valence electrons. The standard InChI is InChI=1S/C18H26N2O3/c1-4-13(2)19-17(21)14-9-11-20(12-10-14)18(22)15-5-7-16(23-3)8-6-15/h5-8,13-14H,4,9-12H2,1-3H3,(H,19,21)/t13-/m1/s1. The smallest absolute Gasteiger partial charge is 0.253 e. The van der Waals surface area contributed by atoms with Crippen molar-refractivity contribution in [3.63, 3.8) is 0 Å². The van der Waals surface area contributed by atoms with Crippen molar-refractivity contribution in [2.45, 2.75) is 39.2 Å². The lowest BCUT2D eigenvalue weighted by molar-refractivity contribution is -0.126. The Morgan fingerprint density at radius 3 is 2.39 bits per heavy atom. The molecular weight excluding hydrogens is 292 g/mol. The highest BCUT2D eigenvalue weighted by Crippen LogP contribution is 2.20. The van der Waals surface area contributed by atoms with Crippen LogP contribution < -0.4 is 10.1 Å². The van der Waals surface area contributed by atoms with Gasteiger partial charge in [-0.25, -0.2) is 0 Å². The van der Waals surface area contributed by atoms with Gasteiger partial charge in [0, 0.05) is 30.6 Å². The molecule has 0 aromatic heterocycles. The van der Waals surface area contributed by atoms with Crippen LogP contribution in [0.4, 0.5) is 0 Å². The van der Waals surface area contributed by atoms with Crippen molar-refractivity contribution in [3.05, 3.63) is 29.8 Å². The van der Waals surface area contributed by atoms with Crippen LogP contribution in [0.1, 0.15) is 43.5 Å². The highest BCUT2D eigenvalue weighted by Gasteiger charge is 2.28. The van der Waals surface area contributed by atoms with Crippen LogP contribution in [-0.4, -0.2) is 43.0 Å². The second kappa shape index (κ2) is 7.99. The molecule has 1 aliphatic heterocycles. The maximum atomic E-state index is 12.5. The first-order valence-corrected chi connectivity index (χ1v) is 8.28. The minimum Gasteiger partial charge on any atom is -0.497 e. The van der Waals surface area contributed by atoms with Gasteiger partial charge in [0.2, 0.25) is 5.91 Å². The van der Waals surface area contributed by atoms with E-state index in [-0.39, 0.29) is 23.8 Å². The number of nitrogens with zero attached hydrogens (tertiary/aromatic N) is 1. The van der Waals surface area contributed by atoms with Crippen LogP contribution in [0, 0.1) is 5.92 Å². The van der Waals surface area contributed by atoms with Gasteiger partial charge in [0.05, 0.1) is 7.11 Å². The molecule has 5 heteroatoms. The molecule has 0 bridgehead atoms. The van der Waals surface area contributed by atoms with Crippen LogP contribution in [0.25, 0.3) is 0 Å². The van der Waals surface area contributed by atoms with E-state index in [9.17, 15) is 9.59 Å². The van der Waals surface area contributed by atoms with Gasteiger partial charge in [-0.2, -0.15) is 0 Å². The maximum Gasteiger partial charge on any atom is 0.253 e. The number of nitrogens with one attached hydrogen (secondary N) is 1. The molecule has 23 heavy (non-hydrogen) atoms. The normalized spacial score (nSPS) is 16.7. The molecule has 0 saturated carbocycles. The van der Waals surface area contributed by atoms with Crippen molar-refractivity contribution in [1.82, 2.24) is 10.2 Å². The number of likely N-dealkylation sites (tertiary alicyclic amines) is 1. The van der Waals surface area contributed by atoms with Crippen molar-refractivity contribution in [3.8, 4) is 5.75 Å². The van der Waals surface area contributed by atoms with E-state index < -0.39 is 0 Å². The number of carbonyl (C=O) groups excluding carboxylic acids is 2. The number of amides is 2. The summed E-state index contributed by atoms with van der Waals surface area (Å²) in [6.45, 7) is 5.33. The van der Waals surface area contributed by atoms with Crippen LogP contribution >= 0.6 is 0 Å². The Hall–Kier alpha value is -2.04. The third-order valence-corrected chi connectivity index (χ3v) is 4.49. The topological polar surface area (TPSA) is 58.6 Å². The summed E-state index contributed by atoms with van der Waals surface area (Å²) < 4.78 is 5.11. The summed E-state index contributed by atoms with van der Waals surface area (Å²) in [4.78, 5) is 26.5. The summed E-state index contributed by atoms with van der Waals surface area (Å²) in [6, 6.07) is 7.35. The molecule has 2 amide bonds. The maximum absolute atomic E-state index is 12.5. The van der Waals surface area contributed by atoms with E-state index in [1.807, 2.05) is 11.8 Å². The largest absolute Gasteiger partial charge is 0.497 e. The predicted molar refractivity (Wildman–Crippen MR) is 89.5 cm³/mol. The molecule has 1 aromatic rings. The Bertz CT molecular complexity index is 534. The lowest BCUT2D eigenvalue weighted by Crippen LogP contribution is -2.44. The predicted octanol–water partition coefficient (Wildman–Crippen LogP) is 2.46. The highest BCUT2D eigenvalue weighted by atomic mass is 16.5. The molecule has 1 aliphatic rings. The molecule has 1 atom stereocenters. The van der Waals surface area contributed by atoms with E-state index in [4.69, 9.17) is 4.74 Å². The van der Waals surface area contributed by atoms with Crippen molar-refractivity contribution < 1.29 is 14.3 Å². The number of hydrogen-bond acceptors (Lipinski definition) is 3. The van der Waals surface area contributed by atoms with E-state index >= 15 is 0 Å². The van der Waals surface area contributed by atoms with Crippen molar-refractivity contribution in [2.75, 3.05) is 20.2 Å². The average Bonchev–Trinajstić information content (AvgIpc) is 2.61. The molecule has 0 aliphatic carbocycles. The molecule has 0 spiro atoms. The van der Waals surface area contributed by atoms with Gasteiger partial charge < -0.3 is 15.0 Å². The third kappa shape index (κ3) is 4.47. The zero-order valence-corrected chi connectivity index (χ0v) is 14.2. The Labute approximate surface area is 138 Å². The molecule has 1 aromatic carbocycles. The Morgan fingerprint density at radius 1 is 1.26 bits per heavy atom. The van der Waals surface area contributed by atoms with E-state index in [0.29, 0.717) is 18.7 Å². The van der Waals surface area contributed by atoms with E-state index in [2.05, 4.69) is 12.2 Å². The van der Waals surface area contributed by atoms with Gasteiger partial charge in [0.1, 0.15) is 5.75 Å². The Morgan fingerprint density at radius 2 is 1.87 bits per heavy atom. The van der Waals surface area contributed by atoms with Crippen molar-refractivity contribution in [2.24, 2.45) is 5.92 Å². The number of piperidine rings is 1. The minimum atomic E-state index is 0.0175. The second-order valence-electron chi connectivity index (χ2n) is 6.11. The van der Waals surface area contributed by atoms with Crippen LogP contribution in [-0.2, 0) is 4.79 Å². The lowest BCUT2D eigenvalue weighted by Gasteiger charge is -2.32. The van der Waals surface area contributed by atoms with E-state index in [1.54, 1.807) is 31.4 Å². The molecule has 0 unspecified atom stereocenters. The first kappa shape index (κ1) is 17.3. The zero-order valence-electron chi connectivity index (χ0n) is 14.2. The number of rotatable bonds is 5. The van der Waals surface area contributed by atoms with Crippen molar-refractivity contribution >= 4 is 11.8 Å². The third-order valence-electron chi connectivity index (χ3n) is 4.49. The minimum absolute atomic E-state index is 0.0175. The zero-order chi connectivity index (χ0) is 16.8. The highest BCUT2D eigenvalue weighted by molar-refractivity contribution is 5.94. The first-order chi connectivity index (χ1) is 11.0. The average molecular weight is 318 g/mol. The number of benzene rings is 1. The van der Waals surface area contributed by atoms with E-state index in [0.717, 1.165) is 25.0 Å². The first-order valence-electron chi connectivity index (χ1n) is 8.28. The summed E-state index contributed by atoms with van der Waals surface area (Å²) in [5.74, 6) is 0.898. The second-order valence-corrected chi connectivity index (χ2v) is 6.11. The SMILES string of the molecule is CC[C@@H](C)NC(=O)C1CCN(C(=O)c2ccc(OC)cc2)CC1. The fraction of sp³-hybridized carbons (Fsp3) is 0.556. The number of methoxy groups -OCH3 is 1. The van der Waals surface area contributed by atoms with Gasteiger partial charge >= 0.3 is 0 Å². The summed E-state index contributed by atoms with van der Waals surface area (Å²) in [5, 5.41) is 3.03. The van der Waals surface area contributed by atoms with Gasteiger partial charge in [-0.15, -0.1) is 0 Å². The fourth-order valence-corrected chi connectivity index (χ4v) is 2.72. The molecular formula is C18H26N2O3. The number of hydrogen-bond donors (Lipinski definition) is 1. The monoisotopic (exact) mass is 318 g/mol. The lowest BCUT2D eigenvalue weighted by atomic mass is 9.95. The van der Waals surface area contributed by atoms with Gasteiger partial charge in [-0.1, -0.05) is 6.92 Å². The summed E-state index contributed by atoms with van der Waals surface area (Å²) in [6.07, 6.45) is 2.38. The molecule has 1 N–H and O–H groups in total. The van der Waals surface area contributed by atoms with Crippen molar-refractivity contribution in [1.29, 1.82) is 0 Å². The van der Waals surface area contributed by atoms with Gasteiger partial charge in [-0.05, 0) is 50.5 Å². The van der Waals surface area contributed by atoms with Crippen LogP contribution in [0.5, 0.6) is 5.75 Å². The summed E-state index contributed by atoms with van der Waals surface area (Å²) >= 11 is 0. The van der Waals surface area contributed by atoms with Gasteiger partial charge in [-0.3, -0.25) is 9.59 Å². The van der Waals surface area contributed by atoms with Crippen LogP contribution in [0.2, 0.25) is 0 Å². The Balaban J connectivity index is 1.88. The summed E-state index contributed by atoms with van der Waals surface area (Å²) in [7, 11) is 1.60. The van der Waals surface area contributed by atoms with E-state index in [1.165, 1.54) is 0 Å². The number of carbonyl (C=O) groups is 2. The molecule has 1 heterocycles. The summed E-state index contributed by atoms with van der Waals surface area (Å²) in [5.41, 5.74) is 0.660. The Kier molecular flexibility index (Phi) is 6.02. The number of ether oxygens (including phenoxy) is 1. The molecule has 1 saturated heterocycles. The van der Waals surface area contributed by atoms with Gasteiger partial charge in [0.25, 0.3) is 5.91 Å². The molecule has 1 fully saturated rings. The van der Waals surface area contributed by atoms with Gasteiger partial charge in [0.15, 0.2) is 0 Å². The quantitative estimate of drug-likeness (QED) is 0.907. The fourth-order valence-electron chi connectivity index (χ4n) is 2.72. The molecule has 5 nitrogen and oxygen atoms in total. The molecule has 2 rings (SSSR count). The van der Waals surface area contributed by atoms with Crippen LogP contribution in [0.3, 0.4) is 0 Å². The molecule has 0 radical (unpaired) electrons. The van der Waals surface area contributed by atoms with Crippen LogP contribution in [0.15, 0.2) is 24.3 Å².